The molecule has 2 aromatic carbocycles. The molecule has 0 spiro atoms. The Morgan fingerprint density at radius 1 is 1.19 bits per heavy atom. The SMILES string of the molecule is N/C(=N/O)c1ccc(NC(=O)c2cc(Br)ccc2O)cc1. The number of phenols is 1. The van der Waals surface area contributed by atoms with Crippen molar-refractivity contribution in [1.29, 1.82) is 0 Å². The lowest BCUT2D eigenvalue weighted by Gasteiger charge is -2.08. The number of hydrogen-bond donors (Lipinski definition) is 4. The van der Waals surface area contributed by atoms with Crippen molar-refractivity contribution in [2.24, 2.45) is 10.9 Å². The van der Waals surface area contributed by atoms with Crippen molar-refractivity contribution >= 4 is 33.4 Å². The zero-order valence-corrected chi connectivity index (χ0v) is 12.3. The van der Waals surface area contributed by atoms with Crippen LogP contribution in [0.25, 0.3) is 0 Å². The van der Waals surface area contributed by atoms with Gasteiger partial charge in [0.25, 0.3) is 5.91 Å². The number of carbonyl (C=O) groups excluding carboxylic acids is 1. The van der Waals surface area contributed by atoms with E-state index in [1.165, 1.54) is 12.1 Å². The van der Waals surface area contributed by atoms with E-state index in [2.05, 4.69) is 26.4 Å². The Kier molecular flexibility index (Phi) is 4.44. The molecule has 0 saturated heterocycles. The lowest BCUT2D eigenvalue weighted by Crippen LogP contribution is -2.14. The molecular weight excluding hydrogens is 338 g/mol. The Hall–Kier alpha value is -2.54. The fourth-order valence-corrected chi connectivity index (χ4v) is 2.03. The summed E-state index contributed by atoms with van der Waals surface area (Å²) >= 11 is 3.24. The zero-order chi connectivity index (χ0) is 15.4. The fourth-order valence-electron chi connectivity index (χ4n) is 1.67. The number of oxime groups is 1. The van der Waals surface area contributed by atoms with Crippen molar-refractivity contribution in [1.82, 2.24) is 0 Å². The largest absolute Gasteiger partial charge is 0.507 e. The number of hydrogen-bond acceptors (Lipinski definition) is 4. The second kappa shape index (κ2) is 6.27. The summed E-state index contributed by atoms with van der Waals surface area (Å²) in [7, 11) is 0. The van der Waals surface area contributed by atoms with Crippen LogP contribution < -0.4 is 11.1 Å². The molecule has 5 N–H and O–H groups in total. The summed E-state index contributed by atoms with van der Waals surface area (Å²) in [5.74, 6) is -0.563. The van der Waals surface area contributed by atoms with E-state index in [1.807, 2.05) is 0 Å². The van der Waals surface area contributed by atoms with Crippen molar-refractivity contribution in [2.45, 2.75) is 0 Å². The maximum absolute atomic E-state index is 12.1. The van der Waals surface area contributed by atoms with Crippen molar-refractivity contribution in [3.8, 4) is 5.75 Å². The highest BCUT2D eigenvalue weighted by Gasteiger charge is 2.12. The molecule has 7 heteroatoms. The Morgan fingerprint density at radius 2 is 1.86 bits per heavy atom. The molecule has 2 aromatic rings. The number of anilines is 1. The molecule has 2 rings (SSSR count). The minimum absolute atomic E-state index is 0.0162. The monoisotopic (exact) mass is 349 g/mol. The molecule has 0 fully saturated rings. The summed E-state index contributed by atoms with van der Waals surface area (Å²) in [6, 6.07) is 11.0. The zero-order valence-electron chi connectivity index (χ0n) is 10.7. The quantitative estimate of drug-likeness (QED) is 0.295. The molecular formula is C14H12BrN3O3. The van der Waals surface area contributed by atoms with Crippen LogP contribution in [0.15, 0.2) is 52.1 Å². The van der Waals surface area contributed by atoms with Crippen LogP contribution in [0, 0.1) is 0 Å². The first kappa shape index (κ1) is 14.9. The molecule has 0 aliphatic heterocycles. The van der Waals surface area contributed by atoms with Gasteiger partial charge in [-0.15, -0.1) is 0 Å². The molecule has 0 aliphatic rings. The number of halogens is 1. The lowest BCUT2D eigenvalue weighted by atomic mass is 10.1. The van der Waals surface area contributed by atoms with Gasteiger partial charge in [0.1, 0.15) is 5.75 Å². The third-order valence-electron chi connectivity index (χ3n) is 2.75. The normalized spacial score (nSPS) is 11.2. The van der Waals surface area contributed by atoms with E-state index in [-0.39, 0.29) is 17.1 Å². The van der Waals surface area contributed by atoms with Crippen molar-refractivity contribution < 1.29 is 15.1 Å². The van der Waals surface area contributed by atoms with Crippen LogP contribution in [0.1, 0.15) is 15.9 Å². The lowest BCUT2D eigenvalue weighted by molar-refractivity contribution is 0.102. The highest BCUT2D eigenvalue weighted by Crippen LogP contribution is 2.23. The van der Waals surface area contributed by atoms with E-state index in [0.717, 1.165) is 0 Å². The van der Waals surface area contributed by atoms with Gasteiger partial charge in [0.05, 0.1) is 5.56 Å². The molecule has 0 heterocycles. The molecule has 1 amide bonds. The average molecular weight is 350 g/mol. The predicted molar refractivity (Wildman–Crippen MR) is 82.7 cm³/mol. The first-order chi connectivity index (χ1) is 10.0. The number of nitrogens with zero attached hydrogens (tertiary/aromatic N) is 1. The second-order valence-corrected chi connectivity index (χ2v) is 5.09. The molecule has 0 atom stereocenters. The summed E-state index contributed by atoms with van der Waals surface area (Å²) in [4.78, 5) is 12.1. The summed E-state index contributed by atoms with van der Waals surface area (Å²) in [6.07, 6.45) is 0. The molecule has 0 bridgehead atoms. The third kappa shape index (κ3) is 3.51. The number of amides is 1. The van der Waals surface area contributed by atoms with Gasteiger partial charge >= 0.3 is 0 Å². The molecule has 0 aromatic heterocycles. The Balaban J connectivity index is 2.18. The first-order valence-corrected chi connectivity index (χ1v) is 6.68. The van der Waals surface area contributed by atoms with Gasteiger partial charge < -0.3 is 21.4 Å². The minimum Gasteiger partial charge on any atom is -0.507 e. The molecule has 0 saturated carbocycles. The van der Waals surface area contributed by atoms with Gasteiger partial charge in [-0.25, -0.2) is 0 Å². The topological polar surface area (TPSA) is 108 Å². The van der Waals surface area contributed by atoms with Crippen LogP contribution in [-0.2, 0) is 0 Å². The van der Waals surface area contributed by atoms with Crippen LogP contribution in [0.5, 0.6) is 5.75 Å². The number of phenolic OH excluding ortho intramolecular Hbond substituents is 1. The van der Waals surface area contributed by atoms with E-state index in [0.29, 0.717) is 15.7 Å². The number of benzene rings is 2. The molecule has 108 valence electrons. The maximum Gasteiger partial charge on any atom is 0.259 e. The van der Waals surface area contributed by atoms with E-state index >= 15 is 0 Å². The van der Waals surface area contributed by atoms with Crippen molar-refractivity contribution in [3.63, 3.8) is 0 Å². The van der Waals surface area contributed by atoms with E-state index in [1.54, 1.807) is 30.3 Å². The summed E-state index contributed by atoms with van der Waals surface area (Å²) in [5.41, 5.74) is 6.66. The predicted octanol–water partition coefficient (Wildman–Crippen LogP) is 2.50. The van der Waals surface area contributed by atoms with E-state index in [4.69, 9.17) is 10.9 Å². The Morgan fingerprint density at radius 3 is 2.48 bits per heavy atom. The van der Waals surface area contributed by atoms with Crippen molar-refractivity contribution in [2.75, 3.05) is 5.32 Å². The van der Waals surface area contributed by atoms with Crippen LogP contribution in [-0.4, -0.2) is 22.1 Å². The third-order valence-corrected chi connectivity index (χ3v) is 3.24. The van der Waals surface area contributed by atoms with Gasteiger partial charge in [0.15, 0.2) is 5.84 Å². The first-order valence-electron chi connectivity index (χ1n) is 5.89. The van der Waals surface area contributed by atoms with Gasteiger partial charge in [-0.3, -0.25) is 4.79 Å². The van der Waals surface area contributed by atoms with Gasteiger partial charge in [-0.2, -0.15) is 0 Å². The van der Waals surface area contributed by atoms with Gasteiger partial charge in [-0.1, -0.05) is 21.1 Å². The van der Waals surface area contributed by atoms with Crippen LogP contribution in [0.3, 0.4) is 0 Å². The van der Waals surface area contributed by atoms with Crippen LogP contribution in [0.2, 0.25) is 0 Å². The van der Waals surface area contributed by atoms with Crippen molar-refractivity contribution in [3.05, 3.63) is 58.1 Å². The number of rotatable bonds is 3. The highest BCUT2D eigenvalue weighted by atomic mass is 79.9. The Labute approximate surface area is 129 Å². The number of amidine groups is 1. The molecule has 0 aliphatic carbocycles. The van der Waals surface area contributed by atoms with E-state index in [9.17, 15) is 9.90 Å². The number of nitrogens with two attached hydrogens (primary N) is 1. The summed E-state index contributed by atoms with van der Waals surface area (Å²) in [6.45, 7) is 0. The number of aromatic hydroxyl groups is 1. The average Bonchev–Trinajstić information content (AvgIpc) is 2.49. The number of carbonyl (C=O) groups is 1. The van der Waals surface area contributed by atoms with Crippen LogP contribution in [0.4, 0.5) is 5.69 Å². The molecule has 21 heavy (non-hydrogen) atoms. The van der Waals surface area contributed by atoms with Crippen LogP contribution >= 0.6 is 15.9 Å². The minimum atomic E-state index is -0.439. The molecule has 6 nitrogen and oxygen atoms in total. The molecule has 0 radical (unpaired) electrons. The number of nitrogens with one attached hydrogen (secondary N) is 1. The second-order valence-electron chi connectivity index (χ2n) is 4.18. The maximum atomic E-state index is 12.1. The Bertz CT molecular complexity index is 699. The van der Waals surface area contributed by atoms with E-state index < -0.39 is 5.91 Å². The smallest absolute Gasteiger partial charge is 0.259 e. The fraction of sp³-hybridized carbons (Fsp3) is 0. The van der Waals surface area contributed by atoms with Gasteiger partial charge in [0.2, 0.25) is 0 Å². The summed E-state index contributed by atoms with van der Waals surface area (Å²) in [5, 5.41) is 23.8. The van der Waals surface area contributed by atoms with Gasteiger partial charge in [0, 0.05) is 15.7 Å². The standard InChI is InChI=1S/C14H12BrN3O3/c15-9-3-6-12(19)11(7-9)14(20)17-10-4-1-8(2-5-10)13(16)18-21/h1-7,19,21H,(H2,16,18)(H,17,20). The molecule has 0 unspecified atom stereocenters. The van der Waals surface area contributed by atoms with Gasteiger partial charge in [-0.05, 0) is 42.5 Å². The summed E-state index contributed by atoms with van der Waals surface area (Å²) < 4.78 is 0.688. The highest BCUT2D eigenvalue weighted by molar-refractivity contribution is 9.10.